The fraction of sp³-hybridized carbons (Fsp3) is 0.238. The average Bonchev–Trinajstić information content (AvgIpc) is 3.11. The minimum atomic E-state index is -0.342. The van der Waals surface area contributed by atoms with Crippen LogP contribution in [0.15, 0.2) is 54.6 Å². The van der Waals surface area contributed by atoms with E-state index in [1.807, 2.05) is 41.9 Å². The van der Waals surface area contributed by atoms with Crippen molar-refractivity contribution in [3.05, 3.63) is 65.9 Å². The van der Waals surface area contributed by atoms with Crippen LogP contribution in [0.25, 0.3) is 16.9 Å². The summed E-state index contributed by atoms with van der Waals surface area (Å²) < 4.78 is 7.10. The summed E-state index contributed by atoms with van der Waals surface area (Å²) in [5.41, 5.74) is 4.87. The molecule has 0 saturated carbocycles. The van der Waals surface area contributed by atoms with Gasteiger partial charge in [0.15, 0.2) is 0 Å². The standard InChI is InChI=1S/C21H23N3O3/c1-15-4-6-16(7-5-15)20-14-17(8-13-21(25)23(2)26)22-24(20)18-9-11-19(27-3)12-10-18/h4-7,9-12,14,26H,8,13H2,1-3H3. The van der Waals surface area contributed by atoms with E-state index in [1.165, 1.54) is 12.6 Å². The predicted octanol–water partition coefficient (Wildman–Crippen LogP) is 3.64. The van der Waals surface area contributed by atoms with Crippen molar-refractivity contribution < 1.29 is 14.7 Å². The second kappa shape index (κ2) is 8.05. The van der Waals surface area contributed by atoms with Gasteiger partial charge in [0.25, 0.3) is 0 Å². The molecule has 0 unspecified atom stereocenters. The van der Waals surface area contributed by atoms with Gasteiger partial charge in [-0.15, -0.1) is 0 Å². The van der Waals surface area contributed by atoms with E-state index in [2.05, 4.69) is 29.4 Å². The molecule has 1 heterocycles. The molecule has 0 aliphatic carbocycles. The van der Waals surface area contributed by atoms with E-state index in [9.17, 15) is 10.0 Å². The summed E-state index contributed by atoms with van der Waals surface area (Å²) in [6, 6.07) is 17.9. The van der Waals surface area contributed by atoms with Crippen molar-refractivity contribution in [1.82, 2.24) is 14.8 Å². The number of methoxy groups -OCH3 is 1. The molecular weight excluding hydrogens is 342 g/mol. The first-order valence-electron chi connectivity index (χ1n) is 8.74. The van der Waals surface area contributed by atoms with Gasteiger partial charge in [-0.2, -0.15) is 5.10 Å². The third-order valence-corrected chi connectivity index (χ3v) is 4.38. The van der Waals surface area contributed by atoms with Crippen LogP contribution in [0.5, 0.6) is 5.75 Å². The highest BCUT2D eigenvalue weighted by Crippen LogP contribution is 2.26. The Balaban J connectivity index is 1.98. The monoisotopic (exact) mass is 365 g/mol. The molecule has 0 aliphatic heterocycles. The van der Waals surface area contributed by atoms with Gasteiger partial charge < -0.3 is 4.74 Å². The van der Waals surface area contributed by atoms with Crippen LogP contribution in [-0.4, -0.2) is 40.1 Å². The zero-order valence-corrected chi connectivity index (χ0v) is 15.7. The minimum Gasteiger partial charge on any atom is -0.497 e. The van der Waals surface area contributed by atoms with E-state index in [1.54, 1.807) is 7.11 Å². The number of nitrogens with zero attached hydrogens (tertiary/aromatic N) is 3. The molecule has 1 amide bonds. The number of carbonyl (C=O) groups is 1. The molecule has 3 aromatic rings. The lowest BCUT2D eigenvalue weighted by molar-refractivity contribution is -0.159. The van der Waals surface area contributed by atoms with Crippen LogP contribution in [0, 0.1) is 6.92 Å². The number of aryl methyl sites for hydroxylation is 2. The molecule has 27 heavy (non-hydrogen) atoms. The zero-order chi connectivity index (χ0) is 19.4. The Kier molecular flexibility index (Phi) is 5.57. The van der Waals surface area contributed by atoms with Crippen LogP contribution in [0.2, 0.25) is 0 Å². The van der Waals surface area contributed by atoms with Gasteiger partial charge in [0.2, 0.25) is 5.91 Å². The van der Waals surface area contributed by atoms with Gasteiger partial charge in [-0.25, -0.2) is 9.75 Å². The quantitative estimate of drug-likeness (QED) is 0.535. The normalized spacial score (nSPS) is 10.7. The Bertz CT molecular complexity index is 913. The topological polar surface area (TPSA) is 67.6 Å². The predicted molar refractivity (Wildman–Crippen MR) is 103 cm³/mol. The Morgan fingerprint density at radius 3 is 2.41 bits per heavy atom. The maximum absolute atomic E-state index is 11.7. The summed E-state index contributed by atoms with van der Waals surface area (Å²) in [7, 11) is 2.96. The maximum Gasteiger partial charge on any atom is 0.246 e. The van der Waals surface area contributed by atoms with Crippen molar-refractivity contribution >= 4 is 5.91 Å². The molecular formula is C21H23N3O3. The maximum atomic E-state index is 11.7. The van der Waals surface area contributed by atoms with Gasteiger partial charge in [-0.1, -0.05) is 29.8 Å². The molecule has 0 atom stereocenters. The number of aromatic nitrogens is 2. The SMILES string of the molecule is COc1ccc(-n2nc(CCC(=O)N(C)O)cc2-c2ccc(C)cc2)cc1. The van der Waals surface area contributed by atoms with Gasteiger partial charge in [0.1, 0.15) is 5.75 Å². The lowest BCUT2D eigenvalue weighted by Crippen LogP contribution is -2.22. The molecule has 6 nitrogen and oxygen atoms in total. The highest BCUT2D eigenvalue weighted by Gasteiger charge is 2.14. The first-order chi connectivity index (χ1) is 13.0. The molecule has 2 aromatic carbocycles. The van der Waals surface area contributed by atoms with Crippen LogP contribution in [-0.2, 0) is 11.2 Å². The van der Waals surface area contributed by atoms with Crippen LogP contribution < -0.4 is 4.74 Å². The highest BCUT2D eigenvalue weighted by atomic mass is 16.5. The minimum absolute atomic E-state index is 0.194. The first kappa shape index (κ1) is 18.7. The fourth-order valence-corrected chi connectivity index (χ4v) is 2.80. The molecule has 140 valence electrons. The van der Waals surface area contributed by atoms with Crippen molar-refractivity contribution in [3.8, 4) is 22.7 Å². The van der Waals surface area contributed by atoms with Crippen LogP contribution in [0.1, 0.15) is 17.7 Å². The molecule has 1 aromatic heterocycles. The summed E-state index contributed by atoms with van der Waals surface area (Å²) in [4.78, 5) is 11.7. The van der Waals surface area contributed by atoms with Gasteiger partial charge in [0.05, 0.1) is 24.2 Å². The number of amides is 1. The van der Waals surface area contributed by atoms with Crippen LogP contribution in [0.4, 0.5) is 0 Å². The molecule has 0 fully saturated rings. The van der Waals surface area contributed by atoms with Crippen molar-refractivity contribution in [2.24, 2.45) is 0 Å². The summed E-state index contributed by atoms with van der Waals surface area (Å²) in [5.74, 6) is 0.436. The van der Waals surface area contributed by atoms with Crippen molar-refractivity contribution in [1.29, 1.82) is 0 Å². The second-order valence-corrected chi connectivity index (χ2v) is 6.41. The summed E-state index contributed by atoms with van der Waals surface area (Å²) >= 11 is 0. The Morgan fingerprint density at radius 1 is 1.15 bits per heavy atom. The number of hydrogen-bond acceptors (Lipinski definition) is 4. The lowest BCUT2D eigenvalue weighted by atomic mass is 10.1. The first-order valence-corrected chi connectivity index (χ1v) is 8.74. The smallest absolute Gasteiger partial charge is 0.246 e. The van der Waals surface area contributed by atoms with Crippen molar-refractivity contribution in [3.63, 3.8) is 0 Å². The van der Waals surface area contributed by atoms with Gasteiger partial charge in [0, 0.05) is 25.5 Å². The molecule has 3 rings (SSSR count). The van der Waals surface area contributed by atoms with Gasteiger partial charge in [-0.3, -0.25) is 10.0 Å². The van der Waals surface area contributed by atoms with Gasteiger partial charge >= 0.3 is 0 Å². The summed E-state index contributed by atoms with van der Waals surface area (Å²) in [6.07, 6.45) is 0.645. The average molecular weight is 365 g/mol. The highest BCUT2D eigenvalue weighted by molar-refractivity contribution is 5.75. The Morgan fingerprint density at radius 2 is 1.81 bits per heavy atom. The zero-order valence-electron chi connectivity index (χ0n) is 15.7. The third kappa shape index (κ3) is 4.35. The molecule has 0 aliphatic rings. The molecule has 1 N–H and O–H groups in total. The van der Waals surface area contributed by atoms with E-state index in [0.717, 1.165) is 28.4 Å². The second-order valence-electron chi connectivity index (χ2n) is 6.41. The molecule has 0 spiro atoms. The number of benzene rings is 2. The van der Waals surface area contributed by atoms with E-state index in [-0.39, 0.29) is 12.3 Å². The lowest BCUT2D eigenvalue weighted by Gasteiger charge is -2.09. The summed E-state index contributed by atoms with van der Waals surface area (Å²) in [6.45, 7) is 2.05. The largest absolute Gasteiger partial charge is 0.497 e. The molecule has 0 saturated heterocycles. The number of hydrogen-bond donors (Lipinski definition) is 1. The number of carbonyl (C=O) groups excluding carboxylic acids is 1. The molecule has 0 radical (unpaired) electrons. The number of hydroxylamine groups is 2. The number of rotatable bonds is 6. The molecule has 6 heteroatoms. The summed E-state index contributed by atoms with van der Waals surface area (Å²) in [5, 5.41) is 14.5. The Labute approximate surface area is 158 Å². The van der Waals surface area contributed by atoms with E-state index in [0.29, 0.717) is 11.5 Å². The number of ether oxygens (including phenoxy) is 1. The van der Waals surface area contributed by atoms with E-state index >= 15 is 0 Å². The third-order valence-electron chi connectivity index (χ3n) is 4.38. The van der Waals surface area contributed by atoms with Crippen LogP contribution in [0.3, 0.4) is 0 Å². The van der Waals surface area contributed by atoms with Crippen molar-refractivity contribution in [2.75, 3.05) is 14.2 Å². The van der Waals surface area contributed by atoms with E-state index < -0.39 is 0 Å². The van der Waals surface area contributed by atoms with Crippen molar-refractivity contribution in [2.45, 2.75) is 19.8 Å². The van der Waals surface area contributed by atoms with Gasteiger partial charge in [-0.05, 0) is 37.3 Å². The van der Waals surface area contributed by atoms with Crippen LogP contribution >= 0.6 is 0 Å². The fourth-order valence-electron chi connectivity index (χ4n) is 2.80. The molecule has 0 bridgehead atoms. The Hall–Kier alpha value is -3.12. The van der Waals surface area contributed by atoms with E-state index in [4.69, 9.17) is 4.74 Å².